The van der Waals surface area contributed by atoms with Crippen molar-refractivity contribution in [2.24, 2.45) is 0 Å². The molecule has 0 heterocycles. The average molecular weight is 400 g/mol. The maximum atomic E-state index is 12.3. The van der Waals surface area contributed by atoms with Gasteiger partial charge in [-0.25, -0.2) is 14.4 Å². The molecule has 0 fully saturated rings. The molecule has 1 unspecified atom stereocenters. The molecular weight excluding hydrogens is 379 g/mol. The standard InChI is InChI=1S/C19H22O8.Na/c1-5-12(4)27-19(24)14-7-6-13(16(20)21)10-15(14)18(23)26-9-8-25-17(22)11(2)3;/h6-7,10,12H,2,5,8-9H2,1,3-4H3,(H,20,21);/q;+1/p-1. The van der Waals surface area contributed by atoms with Gasteiger partial charge in [-0.2, -0.15) is 0 Å². The second-order valence-corrected chi connectivity index (χ2v) is 5.72. The predicted octanol–water partition coefficient (Wildman–Crippen LogP) is -1.71. The first-order valence-electron chi connectivity index (χ1n) is 8.23. The molecule has 146 valence electrons. The molecule has 0 saturated carbocycles. The second-order valence-electron chi connectivity index (χ2n) is 5.72. The Kier molecular flexibility index (Phi) is 11.4. The van der Waals surface area contributed by atoms with Crippen LogP contribution in [0, 0.1) is 0 Å². The molecule has 0 aliphatic rings. The number of rotatable bonds is 9. The van der Waals surface area contributed by atoms with E-state index < -0.39 is 23.9 Å². The number of hydrogen-bond acceptors (Lipinski definition) is 8. The molecule has 28 heavy (non-hydrogen) atoms. The van der Waals surface area contributed by atoms with Crippen molar-refractivity contribution in [3.8, 4) is 0 Å². The molecule has 1 rings (SSSR count). The monoisotopic (exact) mass is 400 g/mol. The summed E-state index contributed by atoms with van der Waals surface area (Å²) in [4.78, 5) is 46.8. The van der Waals surface area contributed by atoms with E-state index in [4.69, 9.17) is 14.2 Å². The summed E-state index contributed by atoms with van der Waals surface area (Å²) < 4.78 is 14.9. The van der Waals surface area contributed by atoms with Gasteiger partial charge in [0.05, 0.1) is 23.2 Å². The number of ether oxygens (including phenoxy) is 3. The number of carbonyl (C=O) groups excluding carboxylic acids is 4. The molecule has 8 nitrogen and oxygen atoms in total. The van der Waals surface area contributed by atoms with Gasteiger partial charge < -0.3 is 24.1 Å². The van der Waals surface area contributed by atoms with Gasteiger partial charge in [0, 0.05) is 5.57 Å². The van der Waals surface area contributed by atoms with Gasteiger partial charge in [-0.05, 0) is 38.0 Å². The van der Waals surface area contributed by atoms with Crippen LogP contribution >= 0.6 is 0 Å². The number of carbonyl (C=O) groups is 4. The van der Waals surface area contributed by atoms with Crippen LogP contribution in [0.2, 0.25) is 0 Å². The largest absolute Gasteiger partial charge is 1.00 e. The Morgan fingerprint density at radius 1 is 1.07 bits per heavy atom. The molecular formula is C19H21NaO8. The number of benzene rings is 1. The Morgan fingerprint density at radius 3 is 2.21 bits per heavy atom. The third-order valence-electron chi connectivity index (χ3n) is 3.48. The van der Waals surface area contributed by atoms with Crippen LogP contribution in [0.5, 0.6) is 0 Å². The number of aromatic carboxylic acids is 1. The van der Waals surface area contributed by atoms with E-state index in [-0.39, 0.29) is 71.1 Å². The quantitative estimate of drug-likeness (QED) is 0.158. The molecule has 0 spiro atoms. The van der Waals surface area contributed by atoms with Crippen molar-refractivity contribution < 1.29 is 68.1 Å². The van der Waals surface area contributed by atoms with Crippen LogP contribution in [0.25, 0.3) is 0 Å². The van der Waals surface area contributed by atoms with Crippen LogP contribution in [-0.4, -0.2) is 43.2 Å². The molecule has 1 atom stereocenters. The van der Waals surface area contributed by atoms with E-state index in [1.54, 1.807) is 6.92 Å². The summed E-state index contributed by atoms with van der Waals surface area (Å²) in [7, 11) is 0. The fraction of sp³-hybridized carbons (Fsp3) is 0.368. The Bertz CT molecular complexity index is 756. The molecule has 1 aromatic rings. The van der Waals surface area contributed by atoms with Gasteiger partial charge >= 0.3 is 47.5 Å². The number of carboxylic acid groups (broad SMARTS) is 1. The van der Waals surface area contributed by atoms with Crippen LogP contribution in [0.1, 0.15) is 58.3 Å². The molecule has 0 saturated heterocycles. The van der Waals surface area contributed by atoms with E-state index in [2.05, 4.69) is 6.58 Å². The second kappa shape index (κ2) is 12.3. The van der Waals surface area contributed by atoms with Crippen LogP contribution in [0.4, 0.5) is 0 Å². The zero-order valence-corrected chi connectivity index (χ0v) is 18.4. The normalized spacial score (nSPS) is 10.8. The first-order chi connectivity index (χ1) is 12.7. The van der Waals surface area contributed by atoms with Crippen molar-refractivity contribution in [2.45, 2.75) is 33.3 Å². The minimum Gasteiger partial charge on any atom is -0.545 e. The third-order valence-corrected chi connectivity index (χ3v) is 3.48. The number of carboxylic acids is 1. The molecule has 1 aromatic carbocycles. The predicted molar refractivity (Wildman–Crippen MR) is 92.0 cm³/mol. The third kappa shape index (κ3) is 7.84. The maximum absolute atomic E-state index is 12.3. The summed E-state index contributed by atoms with van der Waals surface area (Å²) in [6, 6.07) is 3.27. The van der Waals surface area contributed by atoms with Crippen molar-refractivity contribution in [2.75, 3.05) is 13.2 Å². The van der Waals surface area contributed by atoms with Crippen LogP contribution in [-0.2, 0) is 19.0 Å². The zero-order valence-electron chi connectivity index (χ0n) is 16.4. The summed E-state index contributed by atoms with van der Waals surface area (Å²) in [6.45, 7) is 7.87. The topological polar surface area (TPSA) is 119 Å². The Morgan fingerprint density at radius 2 is 1.68 bits per heavy atom. The van der Waals surface area contributed by atoms with Crippen molar-refractivity contribution in [3.63, 3.8) is 0 Å². The van der Waals surface area contributed by atoms with Gasteiger partial charge in [0.2, 0.25) is 0 Å². The summed E-state index contributed by atoms with van der Waals surface area (Å²) in [5.74, 6) is -3.89. The average Bonchev–Trinajstić information content (AvgIpc) is 2.63. The minimum atomic E-state index is -1.51. The SMILES string of the molecule is C=C(C)C(=O)OCCOC(=O)c1cc(C(=O)[O-])ccc1C(=O)OC(C)CC.[Na+]. The summed E-state index contributed by atoms with van der Waals surface area (Å²) in [5.41, 5.74) is -0.519. The zero-order chi connectivity index (χ0) is 20.6. The van der Waals surface area contributed by atoms with E-state index in [9.17, 15) is 24.3 Å². The van der Waals surface area contributed by atoms with Crippen LogP contribution in [0.3, 0.4) is 0 Å². The molecule has 0 bridgehead atoms. The van der Waals surface area contributed by atoms with Gasteiger partial charge in [-0.1, -0.05) is 19.6 Å². The molecule has 0 N–H and O–H groups in total. The molecule has 0 amide bonds. The molecule has 0 aliphatic heterocycles. The fourth-order valence-corrected chi connectivity index (χ4v) is 1.82. The van der Waals surface area contributed by atoms with E-state index >= 15 is 0 Å². The number of hydrogen-bond donors (Lipinski definition) is 0. The van der Waals surface area contributed by atoms with Gasteiger partial charge in [0.15, 0.2) is 0 Å². The van der Waals surface area contributed by atoms with Crippen molar-refractivity contribution in [1.82, 2.24) is 0 Å². The van der Waals surface area contributed by atoms with Gasteiger partial charge in [-0.15, -0.1) is 0 Å². The fourth-order valence-electron chi connectivity index (χ4n) is 1.82. The van der Waals surface area contributed by atoms with E-state index in [0.717, 1.165) is 18.2 Å². The Hall–Kier alpha value is -2.16. The van der Waals surface area contributed by atoms with E-state index in [1.807, 2.05) is 6.92 Å². The molecule has 9 heteroatoms. The summed E-state index contributed by atoms with van der Waals surface area (Å²) in [5, 5.41) is 11.0. The number of esters is 3. The Balaban J connectivity index is 0.00000729. The van der Waals surface area contributed by atoms with Crippen molar-refractivity contribution >= 4 is 23.9 Å². The molecule has 0 aliphatic carbocycles. The summed E-state index contributed by atoms with van der Waals surface area (Å²) in [6.07, 6.45) is 0.181. The van der Waals surface area contributed by atoms with Gasteiger partial charge in [0.25, 0.3) is 0 Å². The summed E-state index contributed by atoms with van der Waals surface area (Å²) >= 11 is 0. The molecule has 0 aromatic heterocycles. The Labute approximate surface area is 185 Å². The minimum absolute atomic E-state index is 0. The van der Waals surface area contributed by atoms with E-state index in [1.165, 1.54) is 6.92 Å². The maximum Gasteiger partial charge on any atom is 1.00 e. The van der Waals surface area contributed by atoms with E-state index in [0.29, 0.717) is 6.42 Å². The van der Waals surface area contributed by atoms with Crippen molar-refractivity contribution in [3.05, 3.63) is 47.0 Å². The first kappa shape index (κ1) is 25.8. The van der Waals surface area contributed by atoms with Gasteiger partial charge in [0.1, 0.15) is 13.2 Å². The van der Waals surface area contributed by atoms with Crippen LogP contribution in [0.15, 0.2) is 30.4 Å². The van der Waals surface area contributed by atoms with Gasteiger partial charge in [-0.3, -0.25) is 0 Å². The van der Waals surface area contributed by atoms with Crippen molar-refractivity contribution in [1.29, 1.82) is 0 Å². The first-order valence-corrected chi connectivity index (χ1v) is 8.23. The van der Waals surface area contributed by atoms with Crippen LogP contribution < -0.4 is 34.7 Å². The smallest absolute Gasteiger partial charge is 0.545 e. The molecule has 0 radical (unpaired) electrons.